The molecule has 20 heavy (non-hydrogen) atoms. The van der Waals surface area contributed by atoms with Crippen molar-refractivity contribution >= 4 is 47.3 Å². The van der Waals surface area contributed by atoms with Gasteiger partial charge in [-0.1, -0.05) is 28.1 Å². The summed E-state index contributed by atoms with van der Waals surface area (Å²) in [6.45, 7) is 0. The standard InChI is InChI=1S/C14H16BrNO2S2/c15-8-11(10-5-6-20(17,18)9-10)7-14-16-12-3-1-2-4-13(12)19-14/h1-4,10-11H,5-9H2. The molecule has 0 spiro atoms. The third kappa shape index (κ3) is 3.07. The Balaban J connectivity index is 1.77. The van der Waals surface area contributed by atoms with Gasteiger partial charge in [-0.15, -0.1) is 11.3 Å². The van der Waals surface area contributed by atoms with Crippen LogP contribution in [0.3, 0.4) is 0 Å². The van der Waals surface area contributed by atoms with Gasteiger partial charge in [0.25, 0.3) is 0 Å². The predicted molar refractivity (Wildman–Crippen MR) is 87.4 cm³/mol. The molecule has 6 heteroatoms. The van der Waals surface area contributed by atoms with Gasteiger partial charge in [0.1, 0.15) is 0 Å². The molecule has 0 amide bonds. The first-order chi connectivity index (χ1) is 9.57. The Morgan fingerprint density at radius 3 is 2.85 bits per heavy atom. The van der Waals surface area contributed by atoms with Gasteiger partial charge < -0.3 is 0 Å². The van der Waals surface area contributed by atoms with Crippen LogP contribution in [0.4, 0.5) is 0 Å². The molecule has 1 aliphatic rings. The Morgan fingerprint density at radius 1 is 1.40 bits per heavy atom. The molecule has 1 aromatic carbocycles. The lowest BCUT2D eigenvalue weighted by atomic mass is 9.91. The van der Waals surface area contributed by atoms with Crippen molar-refractivity contribution in [2.24, 2.45) is 11.8 Å². The number of aromatic nitrogens is 1. The molecule has 1 fully saturated rings. The van der Waals surface area contributed by atoms with Crippen LogP contribution in [-0.2, 0) is 16.3 Å². The zero-order chi connectivity index (χ0) is 14.2. The number of nitrogens with zero attached hydrogens (tertiary/aromatic N) is 1. The summed E-state index contributed by atoms with van der Waals surface area (Å²) < 4.78 is 24.5. The minimum absolute atomic E-state index is 0.270. The molecular weight excluding hydrogens is 358 g/mol. The van der Waals surface area contributed by atoms with E-state index in [1.165, 1.54) is 4.70 Å². The van der Waals surface area contributed by atoms with Crippen LogP contribution in [0.1, 0.15) is 11.4 Å². The van der Waals surface area contributed by atoms with Gasteiger partial charge in [-0.05, 0) is 30.4 Å². The normalized spacial score (nSPS) is 23.1. The van der Waals surface area contributed by atoms with E-state index < -0.39 is 9.84 Å². The molecule has 2 unspecified atom stereocenters. The molecule has 2 aromatic rings. The molecule has 0 saturated carbocycles. The van der Waals surface area contributed by atoms with Crippen molar-refractivity contribution in [2.75, 3.05) is 16.8 Å². The maximum absolute atomic E-state index is 11.6. The van der Waals surface area contributed by atoms with Crippen LogP contribution < -0.4 is 0 Å². The number of benzene rings is 1. The first-order valence-corrected chi connectivity index (χ1v) is 10.4. The van der Waals surface area contributed by atoms with Gasteiger partial charge in [-0.25, -0.2) is 13.4 Å². The predicted octanol–water partition coefficient (Wildman–Crippen LogP) is 3.28. The van der Waals surface area contributed by atoms with Gasteiger partial charge in [-0.3, -0.25) is 0 Å². The highest BCUT2D eigenvalue weighted by molar-refractivity contribution is 9.09. The van der Waals surface area contributed by atoms with Crippen LogP contribution >= 0.6 is 27.3 Å². The molecule has 0 radical (unpaired) electrons. The zero-order valence-electron chi connectivity index (χ0n) is 11.0. The van der Waals surface area contributed by atoms with Crippen LogP contribution in [0.15, 0.2) is 24.3 Å². The van der Waals surface area contributed by atoms with Crippen molar-refractivity contribution in [3.63, 3.8) is 0 Å². The summed E-state index contributed by atoms with van der Waals surface area (Å²) in [6, 6.07) is 8.13. The van der Waals surface area contributed by atoms with Gasteiger partial charge in [0.05, 0.1) is 26.7 Å². The number of rotatable bonds is 4. The number of hydrogen-bond acceptors (Lipinski definition) is 4. The lowest BCUT2D eigenvalue weighted by Gasteiger charge is -2.18. The van der Waals surface area contributed by atoms with Crippen molar-refractivity contribution in [3.05, 3.63) is 29.3 Å². The Kier molecular flexibility index (Phi) is 4.15. The zero-order valence-corrected chi connectivity index (χ0v) is 14.2. The van der Waals surface area contributed by atoms with E-state index in [0.717, 1.165) is 28.7 Å². The fourth-order valence-electron chi connectivity index (χ4n) is 2.77. The molecule has 2 atom stereocenters. The summed E-state index contributed by atoms with van der Waals surface area (Å²) in [7, 11) is -2.81. The summed E-state index contributed by atoms with van der Waals surface area (Å²) >= 11 is 5.27. The lowest BCUT2D eigenvalue weighted by Crippen LogP contribution is -2.20. The van der Waals surface area contributed by atoms with Gasteiger partial charge in [0, 0.05) is 11.8 Å². The molecule has 0 bridgehead atoms. The van der Waals surface area contributed by atoms with Crippen LogP contribution in [0.25, 0.3) is 10.2 Å². The largest absolute Gasteiger partial charge is 0.241 e. The summed E-state index contributed by atoms with van der Waals surface area (Å²) in [5.74, 6) is 1.31. The average molecular weight is 374 g/mol. The highest BCUT2D eigenvalue weighted by atomic mass is 79.9. The summed E-state index contributed by atoms with van der Waals surface area (Å²) in [5, 5.41) is 1.95. The number of halogens is 1. The SMILES string of the molecule is O=S1(=O)CCC(C(CBr)Cc2nc3ccccc3s2)C1. The van der Waals surface area contributed by atoms with Crippen molar-refractivity contribution in [1.82, 2.24) is 4.98 Å². The number of hydrogen-bond donors (Lipinski definition) is 0. The van der Waals surface area contributed by atoms with Crippen molar-refractivity contribution in [2.45, 2.75) is 12.8 Å². The molecule has 0 aliphatic carbocycles. The van der Waals surface area contributed by atoms with Crippen LogP contribution in [-0.4, -0.2) is 30.2 Å². The summed E-state index contributed by atoms with van der Waals surface area (Å²) in [5.41, 5.74) is 1.04. The quantitative estimate of drug-likeness (QED) is 0.772. The van der Waals surface area contributed by atoms with E-state index >= 15 is 0 Å². The lowest BCUT2D eigenvalue weighted by molar-refractivity contribution is 0.402. The number of sulfone groups is 1. The highest BCUT2D eigenvalue weighted by Crippen LogP contribution is 2.32. The Labute approximate surface area is 131 Å². The number of para-hydroxylation sites is 1. The van der Waals surface area contributed by atoms with Gasteiger partial charge in [0.2, 0.25) is 0 Å². The second-order valence-corrected chi connectivity index (χ2v) is 9.35. The fourth-order valence-corrected chi connectivity index (χ4v) is 6.51. The first-order valence-electron chi connectivity index (χ1n) is 6.68. The van der Waals surface area contributed by atoms with E-state index in [0.29, 0.717) is 17.4 Å². The summed E-state index contributed by atoms with van der Waals surface area (Å²) in [4.78, 5) is 4.66. The molecule has 1 saturated heterocycles. The number of alkyl halides is 1. The maximum atomic E-state index is 11.6. The third-order valence-electron chi connectivity index (χ3n) is 3.91. The van der Waals surface area contributed by atoms with E-state index in [-0.39, 0.29) is 5.92 Å². The van der Waals surface area contributed by atoms with E-state index in [1.54, 1.807) is 11.3 Å². The first kappa shape index (κ1) is 14.5. The summed E-state index contributed by atoms with van der Waals surface area (Å²) in [6.07, 6.45) is 1.66. The Morgan fingerprint density at radius 2 is 2.20 bits per heavy atom. The van der Waals surface area contributed by atoms with Crippen LogP contribution in [0, 0.1) is 11.8 Å². The van der Waals surface area contributed by atoms with Crippen molar-refractivity contribution in [3.8, 4) is 0 Å². The number of thiazole rings is 1. The molecule has 1 aromatic heterocycles. The molecule has 108 valence electrons. The Bertz CT molecular complexity index is 678. The second-order valence-electron chi connectivity index (χ2n) is 5.36. The molecule has 0 N–H and O–H groups in total. The molecular formula is C14H16BrNO2S2. The minimum Gasteiger partial charge on any atom is -0.241 e. The van der Waals surface area contributed by atoms with Gasteiger partial charge in [0.15, 0.2) is 9.84 Å². The maximum Gasteiger partial charge on any atom is 0.150 e. The molecule has 1 aliphatic heterocycles. The topological polar surface area (TPSA) is 47.0 Å². The van der Waals surface area contributed by atoms with Crippen LogP contribution in [0.5, 0.6) is 0 Å². The van der Waals surface area contributed by atoms with E-state index in [4.69, 9.17) is 0 Å². The van der Waals surface area contributed by atoms with E-state index in [2.05, 4.69) is 27.0 Å². The molecule has 3 nitrogen and oxygen atoms in total. The minimum atomic E-state index is -2.81. The van der Waals surface area contributed by atoms with Crippen molar-refractivity contribution < 1.29 is 8.42 Å². The van der Waals surface area contributed by atoms with Gasteiger partial charge >= 0.3 is 0 Å². The monoisotopic (exact) mass is 373 g/mol. The van der Waals surface area contributed by atoms with E-state index in [1.807, 2.05) is 18.2 Å². The van der Waals surface area contributed by atoms with Crippen LogP contribution in [0.2, 0.25) is 0 Å². The van der Waals surface area contributed by atoms with Gasteiger partial charge in [-0.2, -0.15) is 0 Å². The average Bonchev–Trinajstić information content (AvgIpc) is 2.98. The third-order valence-corrected chi connectivity index (χ3v) is 7.59. The molecule has 2 heterocycles. The highest BCUT2D eigenvalue weighted by Gasteiger charge is 2.33. The smallest absolute Gasteiger partial charge is 0.150 e. The number of fused-ring (bicyclic) bond motifs is 1. The second kappa shape index (κ2) is 5.73. The van der Waals surface area contributed by atoms with Crippen molar-refractivity contribution in [1.29, 1.82) is 0 Å². The fraction of sp³-hybridized carbons (Fsp3) is 0.500. The molecule has 3 rings (SSSR count). The Hall–Kier alpha value is -0.460. The van der Waals surface area contributed by atoms with E-state index in [9.17, 15) is 8.42 Å².